The first-order valence-corrected chi connectivity index (χ1v) is 5.99. The van der Waals surface area contributed by atoms with Crippen molar-refractivity contribution < 1.29 is 13.2 Å². The summed E-state index contributed by atoms with van der Waals surface area (Å²) >= 11 is 0. The number of hydrogen-bond donors (Lipinski definition) is 1. The number of anilines is 1. The van der Waals surface area contributed by atoms with Gasteiger partial charge in [-0.2, -0.15) is 13.2 Å². The third kappa shape index (κ3) is 4.50. The number of aromatic nitrogens is 2. The van der Waals surface area contributed by atoms with Crippen molar-refractivity contribution in [2.75, 3.05) is 5.32 Å². The second-order valence-electron chi connectivity index (χ2n) is 4.56. The fourth-order valence-electron chi connectivity index (χ4n) is 1.64. The molecule has 18 heavy (non-hydrogen) atoms. The van der Waals surface area contributed by atoms with E-state index in [9.17, 15) is 13.2 Å². The van der Waals surface area contributed by atoms with E-state index in [-0.39, 0.29) is 12.0 Å². The normalized spacial score (nSPS) is 15.2. The fraction of sp³-hybridized carbons (Fsp3) is 0.667. The van der Waals surface area contributed by atoms with E-state index in [1.165, 1.54) is 0 Å². The van der Waals surface area contributed by atoms with Gasteiger partial charge in [0.25, 0.3) is 0 Å². The van der Waals surface area contributed by atoms with Crippen molar-refractivity contribution in [1.82, 2.24) is 9.97 Å². The third-order valence-electron chi connectivity index (χ3n) is 2.77. The highest BCUT2D eigenvalue weighted by atomic mass is 19.4. The molecule has 0 aliphatic carbocycles. The summed E-state index contributed by atoms with van der Waals surface area (Å²) in [7, 11) is 0. The van der Waals surface area contributed by atoms with Crippen molar-refractivity contribution in [2.24, 2.45) is 5.92 Å². The predicted octanol–water partition coefficient (Wildman–Crippen LogP) is 3.73. The first-order chi connectivity index (χ1) is 8.32. The molecule has 0 aromatic carbocycles. The van der Waals surface area contributed by atoms with Crippen LogP contribution in [-0.2, 0) is 6.18 Å². The van der Waals surface area contributed by atoms with E-state index in [0.717, 1.165) is 25.1 Å². The fourth-order valence-corrected chi connectivity index (χ4v) is 1.64. The summed E-state index contributed by atoms with van der Waals surface area (Å²) in [5, 5.41) is 2.90. The van der Waals surface area contributed by atoms with Gasteiger partial charge in [-0.05, 0) is 25.3 Å². The average Bonchev–Trinajstić information content (AvgIpc) is 2.27. The molecule has 6 heteroatoms. The number of nitrogens with one attached hydrogen (secondary N) is 1. The van der Waals surface area contributed by atoms with Gasteiger partial charge >= 0.3 is 6.18 Å². The van der Waals surface area contributed by atoms with Gasteiger partial charge < -0.3 is 5.32 Å². The van der Waals surface area contributed by atoms with Crippen LogP contribution in [0.2, 0.25) is 0 Å². The number of halogens is 3. The molecular weight excluding hydrogens is 243 g/mol. The van der Waals surface area contributed by atoms with Gasteiger partial charge in [-0.15, -0.1) is 0 Å². The zero-order valence-corrected chi connectivity index (χ0v) is 10.8. The lowest BCUT2D eigenvalue weighted by Crippen LogP contribution is -2.21. The van der Waals surface area contributed by atoms with Crippen molar-refractivity contribution in [1.29, 1.82) is 0 Å². The highest BCUT2D eigenvalue weighted by Gasteiger charge is 2.32. The SMILES string of the molecule is CCC(C)CC(C)Nc1nccc(C(F)(F)F)n1. The van der Waals surface area contributed by atoms with Crippen molar-refractivity contribution in [2.45, 2.75) is 45.8 Å². The summed E-state index contributed by atoms with van der Waals surface area (Å²) in [6.45, 7) is 6.10. The Balaban J connectivity index is 2.68. The van der Waals surface area contributed by atoms with Gasteiger partial charge in [-0.25, -0.2) is 9.97 Å². The summed E-state index contributed by atoms with van der Waals surface area (Å²) < 4.78 is 37.4. The largest absolute Gasteiger partial charge is 0.433 e. The molecule has 1 rings (SSSR count). The van der Waals surface area contributed by atoms with Crippen LogP contribution < -0.4 is 5.32 Å². The maximum Gasteiger partial charge on any atom is 0.433 e. The zero-order valence-electron chi connectivity index (χ0n) is 10.8. The second kappa shape index (κ2) is 6.02. The molecule has 0 saturated heterocycles. The van der Waals surface area contributed by atoms with Crippen LogP contribution in [0.5, 0.6) is 0 Å². The van der Waals surface area contributed by atoms with Crippen molar-refractivity contribution in [3.05, 3.63) is 18.0 Å². The summed E-state index contributed by atoms with van der Waals surface area (Å²) in [4.78, 5) is 7.27. The molecule has 0 radical (unpaired) electrons. The molecule has 0 aliphatic heterocycles. The van der Waals surface area contributed by atoms with Crippen LogP contribution in [0, 0.1) is 5.92 Å². The molecule has 0 spiro atoms. The van der Waals surface area contributed by atoms with Crippen molar-refractivity contribution in [3.63, 3.8) is 0 Å². The molecule has 3 nitrogen and oxygen atoms in total. The molecule has 102 valence electrons. The summed E-state index contributed by atoms with van der Waals surface area (Å²) in [5.41, 5.74) is -0.921. The van der Waals surface area contributed by atoms with E-state index < -0.39 is 11.9 Å². The maximum absolute atomic E-state index is 12.5. The van der Waals surface area contributed by atoms with Gasteiger partial charge in [-0.3, -0.25) is 0 Å². The van der Waals surface area contributed by atoms with E-state index >= 15 is 0 Å². The number of nitrogens with zero attached hydrogens (tertiary/aromatic N) is 2. The molecule has 1 heterocycles. The van der Waals surface area contributed by atoms with Crippen LogP contribution in [0.15, 0.2) is 12.3 Å². The molecule has 0 amide bonds. The molecule has 0 bridgehead atoms. The summed E-state index contributed by atoms with van der Waals surface area (Å²) in [6.07, 6.45) is -1.40. The standard InChI is InChI=1S/C12H18F3N3/c1-4-8(2)7-9(3)17-11-16-6-5-10(18-11)12(13,14)15/h5-6,8-9H,4,7H2,1-3H3,(H,16,17,18). The van der Waals surface area contributed by atoms with Crippen molar-refractivity contribution in [3.8, 4) is 0 Å². The Labute approximate surface area is 105 Å². The number of rotatable bonds is 5. The highest BCUT2D eigenvalue weighted by Crippen LogP contribution is 2.27. The lowest BCUT2D eigenvalue weighted by molar-refractivity contribution is -0.141. The highest BCUT2D eigenvalue weighted by molar-refractivity contribution is 5.27. The first kappa shape index (κ1) is 14.7. The predicted molar refractivity (Wildman–Crippen MR) is 64.2 cm³/mol. The maximum atomic E-state index is 12.5. The Bertz CT molecular complexity index is 379. The molecule has 0 saturated carbocycles. The molecule has 0 aliphatic rings. The van der Waals surface area contributed by atoms with Gasteiger partial charge in [0.05, 0.1) is 0 Å². The van der Waals surface area contributed by atoms with Gasteiger partial charge in [0.2, 0.25) is 5.95 Å². The minimum Gasteiger partial charge on any atom is -0.352 e. The van der Waals surface area contributed by atoms with E-state index in [4.69, 9.17) is 0 Å². The van der Waals surface area contributed by atoms with Crippen LogP contribution in [0.1, 0.15) is 39.3 Å². The van der Waals surface area contributed by atoms with Gasteiger partial charge in [-0.1, -0.05) is 20.3 Å². The molecule has 1 N–H and O–H groups in total. The monoisotopic (exact) mass is 261 g/mol. The lowest BCUT2D eigenvalue weighted by Gasteiger charge is -2.17. The molecular formula is C12H18F3N3. The van der Waals surface area contributed by atoms with Crippen LogP contribution in [-0.4, -0.2) is 16.0 Å². The van der Waals surface area contributed by atoms with Gasteiger partial charge in [0, 0.05) is 12.2 Å². The van der Waals surface area contributed by atoms with Crippen molar-refractivity contribution >= 4 is 5.95 Å². The third-order valence-corrected chi connectivity index (χ3v) is 2.77. The van der Waals surface area contributed by atoms with Crippen LogP contribution >= 0.6 is 0 Å². The topological polar surface area (TPSA) is 37.8 Å². The van der Waals surface area contributed by atoms with Crippen LogP contribution in [0.25, 0.3) is 0 Å². The Kier molecular flexibility index (Phi) is 4.93. The summed E-state index contributed by atoms with van der Waals surface area (Å²) in [5.74, 6) is 0.541. The Morgan fingerprint density at radius 2 is 2.00 bits per heavy atom. The Morgan fingerprint density at radius 1 is 1.33 bits per heavy atom. The number of alkyl halides is 3. The Morgan fingerprint density at radius 3 is 2.56 bits per heavy atom. The first-order valence-electron chi connectivity index (χ1n) is 5.99. The number of hydrogen-bond acceptors (Lipinski definition) is 3. The molecule has 2 unspecified atom stereocenters. The second-order valence-corrected chi connectivity index (χ2v) is 4.56. The Hall–Kier alpha value is -1.33. The smallest absolute Gasteiger partial charge is 0.352 e. The summed E-state index contributed by atoms with van der Waals surface area (Å²) in [6, 6.07) is 0.910. The van der Waals surface area contributed by atoms with E-state index in [1.54, 1.807) is 0 Å². The molecule has 2 atom stereocenters. The quantitative estimate of drug-likeness (QED) is 0.877. The minimum absolute atomic E-state index is 0.0284. The van der Waals surface area contributed by atoms with Gasteiger partial charge in [0.1, 0.15) is 5.69 Å². The van der Waals surface area contributed by atoms with Crippen LogP contribution in [0.3, 0.4) is 0 Å². The van der Waals surface area contributed by atoms with E-state index in [0.29, 0.717) is 5.92 Å². The van der Waals surface area contributed by atoms with Gasteiger partial charge in [0.15, 0.2) is 0 Å². The minimum atomic E-state index is -4.43. The molecule has 0 fully saturated rings. The van der Waals surface area contributed by atoms with E-state index in [2.05, 4.69) is 29.1 Å². The van der Waals surface area contributed by atoms with Crippen LogP contribution in [0.4, 0.5) is 19.1 Å². The van der Waals surface area contributed by atoms with E-state index in [1.807, 2.05) is 6.92 Å². The lowest BCUT2D eigenvalue weighted by atomic mass is 10.0. The zero-order chi connectivity index (χ0) is 13.8. The average molecular weight is 261 g/mol. The molecule has 1 aromatic heterocycles. The molecule has 1 aromatic rings.